The Morgan fingerprint density at radius 2 is 2.00 bits per heavy atom. The highest BCUT2D eigenvalue weighted by molar-refractivity contribution is 6.30. The van der Waals surface area contributed by atoms with Crippen LogP contribution in [0.5, 0.6) is 0 Å². The third-order valence-electron chi connectivity index (χ3n) is 5.46. The minimum Gasteiger partial charge on any atom is -0.465 e. The molecule has 0 spiro atoms. The van der Waals surface area contributed by atoms with Crippen molar-refractivity contribution in [3.05, 3.63) is 64.2 Å². The number of rotatable bonds is 2. The molecule has 3 atom stereocenters. The van der Waals surface area contributed by atoms with Crippen molar-refractivity contribution in [2.75, 3.05) is 26.0 Å². The summed E-state index contributed by atoms with van der Waals surface area (Å²) in [5.74, 6) is 0.168. The minimum atomic E-state index is -0.304. The van der Waals surface area contributed by atoms with E-state index in [1.54, 1.807) is 0 Å². The molecule has 5 heteroatoms. The Morgan fingerprint density at radius 1 is 1.24 bits per heavy atom. The second-order valence-electron chi connectivity index (χ2n) is 6.85. The van der Waals surface area contributed by atoms with Gasteiger partial charge in [-0.05, 0) is 61.5 Å². The fourth-order valence-corrected chi connectivity index (χ4v) is 4.43. The summed E-state index contributed by atoms with van der Waals surface area (Å²) >= 11 is 6.24. The SMILES string of the molecule is COC(=O)c1ccc([C@H]2Nc3ccc(Cl)cc3[C@H]3[C@@H]2CCN3C)cc1. The Hall–Kier alpha value is -2.04. The Kier molecular flexibility index (Phi) is 4.18. The van der Waals surface area contributed by atoms with Crippen molar-refractivity contribution in [3.8, 4) is 0 Å². The number of fused-ring (bicyclic) bond motifs is 3. The molecule has 0 amide bonds. The summed E-state index contributed by atoms with van der Waals surface area (Å²) in [4.78, 5) is 14.1. The molecule has 1 saturated heterocycles. The van der Waals surface area contributed by atoms with Gasteiger partial charge in [0.15, 0.2) is 0 Å². The van der Waals surface area contributed by atoms with Gasteiger partial charge < -0.3 is 10.1 Å². The molecule has 130 valence electrons. The summed E-state index contributed by atoms with van der Waals surface area (Å²) in [5.41, 5.74) is 4.19. The second kappa shape index (κ2) is 6.36. The average Bonchev–Trinajstić information content (AvgIpc) is 3.03. The van der Waals surface area contributed by atoms with E-state index in [1.807, 2.05) is 30.3 Å². The Bertz CT molecular complexity index is 806. The van der Waals surface area contributed by atoms with Crippen LogP contribution in [0.1, 0.15) is 40.0 Å². The van der Waals surface area contributed by atoms with Gasteiger partial charge in [0, 0.05) is 22.7 Å². The summed E-state index contributed by atoms with van der Waals surface area (Å²) in [6, 6.07) is 14.4. The van der Waals surface area contributed by atoms with Crippen LogP contribution in [0.4, 0.5) is 5.69 Å². The number of hydrogen-bond acceptors (Lipinski definition) is 4. The molecule has 2 aromatic carbocycles. The van der Waals surface area contributed by atoms with E-state index in [2.05, 4.69) is 29.4 Å². The van der Waals surface area contributed by atoms with Crippen LogP contribution in [0.3, 0.4) is 0 Å². The number of carbonyl (C=O) groups is 1. The lowest BCUT2D eigenvalue weighted by Crippen LogP contribution is -2.33. The summed E-state index contributed by atoms with van der Waals surface area (Å²) < 4.78 is 4.79. The van der Waals surface area contributed by atoms with Crippen LogP contribution in [-0.4, -0.2) is 31.6 Å². The molecule has 0 unspecified atom stereocenters. The van der Waals surface area contributed by atoms with Gasteiger partial charge in [0.2, 0.25) is 0 Å². The molecule has 25 heavy (non-hydrogen) atoms. The summed E-state index contributed by atoms with van der Waals surface area (Å²) in [7, 11) is 3.58. The molecule has 2 aromatic rings. The molecule has 4 rings (SSSR count). The van der Waals surface area contributed by atoms with Gasteiger partial charge in [-0.25, -0.2) is 4.79 Å². The monoisotopic (exact) mass is 356 g/mol. The van der Waals surface area contributed by atoms with Gasteiger partial charge in [-0.1, -0.05) is 23.7 Å². The van der Waals surface area contributed by atoms with Crippen LogP contribution >= 0.6 is 11.6 Å². The van der Waals surface area contributed by atoms with E-state index in [4.69, 9.17) is 16.3 Å². The smallest absolute Gasteiger partial charge is 0.337 e. The van der Waals surface area contributed by atoms with Crippen molar-refractivity contribution in [3.63, 3.8) is 0 Å². The zero-order valence-corrected chi connectivity index (χ0v) is 15.1. The number of likely N-dealkylation sites (tertiary alicyclic amines) is 1. The van der Waals surface area contributed by atoms with Gasteiger partial charge in [0.25, 0.3) is 0 Å². The van der Waals surface area contributed by atoms with Crippen LogP contribution in [-0.2, 0) is 4.74 Å². The molecule has 2 aliphatic rings. The summed E-state index contributed by atoms with van der Waals surface area (Å²) in [6.45, 7) is 1.07. The number of methoxy groups -OCH3 is 1. The van der Waals surface area contributed by atoms with Crippen molar-refractivity contribution in [2.24, 2.45) is 5.92 Å². The predicted octanol–water partition coefficient (Wildman–Crippen LogP) is 4.29. The molecule has 1 fully saturated rings. The third kappa shape index (κ3) is 2.79. The largest absolute Gasteiger partial charge is 0.465 e. The molecule has 0 bridgehead atoms. The molecule has 0 saturated carbocycles. The number of nitrogens with one attached hydrogen (secondary N) is 1. The first-order valence-corrected chi connectivity index (χ1v) is 8.91. The summed E-state index contributed by atoms with van der Waals surface area (Å²) in [5, 5.41) is 4.47. The number of halogens is 1. The lowest BCUT2D eigenvalue weighted by Gasteiger charge is -2.39. The number of hydrogen-bond donors (Lipinski definition) is 1. The van der Waals surface area contributed by atoms with Crippen molar-refractivity contribution >= 4 is 23.3 Å². The molecule has 0 radical (unpaired) electrons. The molecule has 1 N–H and O–H groups in total. The van der Waals surface area contributed by atoms with E-state index in [0.717, 1.165) is 23.7 Å². The van der Waals surface area contributed by atoms with Crippen LogP contribution in [0, 0.1) is 5.92 Å². The molecule has 2 aliphatic heterocycles. The lowest BCUT2D eigenvalue weighted by atomic mass is 9.80. The van der Waals surface area contributed by atoms with Crippen LogP contribution in [0.2, 0.25) is 5.02 Å². The predicted molar refractivity (Wildman–Crippen MR) is 99.1 cm³/mol. The number of ether oxygens (including phenoxy) is 1. The maximum atomic E-state index is 11.7. The fraction of sp³-hybridized carbons (Fsp3) is 0.350. The minimum absolute atomic E-state index is 0.218. The highest BCUT2D eigenvalue weighted by atomic mass is 35.5. The Morgan fingerprint density at radius 3 is 2.72 bits per heavy atom. The number of esters is 1. The molecule has 4 nitrogen and oxygen atoms in total. The highest BCUT2D eigenvalue weighted by Crippen LogP contribution is 2.51. The molecule has 2 heterocycles. The van der Waals surface area contributed by atoms with Crippen molar-refractivity contribution < 1.29 is 9.53 Å². The van der Waals surface area contributed by atoms with Crippen molar-refractivity contribution in [1.29, 1.82) is 0 Å². The normalized spacial score (nSPS) is 25.0. The van der Waals surface area contributed by atoms with Crippen molar-refractivity contribution in [1.82, 2.24) is 4.90 Å². The number of carbonyl (C=O) groups excluding carboxylic acids is 1. The van der Waals surface area contributed by atoms with Gasteiger partial charge in [-0.3, -0.25) is 4.90 Å². The molecule has 0 aromatic heterocycles. The van der Waals surface area contributed by atoms with Crippen molar-refractivity contribution in [2.45, 2.75) is 18.5 Å². The van der Waals surface area contributed by atoms with Crippen LogP contribution in [0.25, 0.3) is 0 Å². The molecular weight excluding hydrogens is 336 g/mol. The first-order valence-electron chi connectivity index (χ1n) is 8.53. The summed E-state index contributed by atoms with van der Waals surface area (Å²) in [6.07, 6.45) is 1.13. The van der Waals surface area contributed by atoms with Crippen LogP contribution < -0.4 is 5.32 Å². The third-order valence-corrected chi connectivity index (χ3v) is 5.69. The zero-order valence-electron chi connectivity index (χ0n) is 14.3. The van der Waals surface area contributed by atoms with E-state index in [9.17, 15) is 4.79 Å². The van der Waals surface area contributed by atoms with Gasteiger partial charge in [-0.2, -0.15) is 0 Å². The van der Waals surface area contributed by atoms with E-state index < -0.39 is 0 Å². The fourth-order valence-electron chi connectivity index (χ4n) is 4.25. The van der Waals surface area contributed by atoms with Crippen LogP contribution in [0.15, 0.2) is 42.5 Å². The number of anilines is 1. The maximum absolute atomic E-state index is 11.7. The molecular formula is C20H21ClN2O2. The maximum Gasteiger partial charge on any atom is 0.337 e. The van der Waals surface area contributed by atoms with E-state index in [0.29, 0.717) is 17.5 Å². The van der Waals surface area contributed by atoms with Gasteiger partial charge >= 0.3 is 5.97 Å². The van der Waals surface area contributed by atoms with E-state index >= 15 is 0 Å². The van der Waals surface area contributed by atoms with E-state index in [1.165, 1.54) is 18.2 Å². The first-order chi connectivity index (χ1) is 12.1. The van der Waals surface area contributed by atoms with E-state index in [-0.39, 0.29) is 12.0 Å². The Labute approximate surface area is 152 Å². The van der Waals surface area contributed by atoms with Gasteiger partial charge in [0.05, 0.1) is 18.7 Å². The number of nitrogens with zero attached hydrogens (tertiary/aromatic N) is 1. The molecule has 0 aliphatic carbocycles. The highest BCUT2D eigenvalue weighted by Gasteiger charge is 2.43. The number of benzene rings is 2. The quantitative estimate of drug-likeness (QED) is 0.815. The topological polar surface area (TPSA) is 41.6 Å². The first kappa shape index (κ1) is 16.4. The van der Waals surface area contributed by atoms with Gasteiger partial charge in [0.1, 0.15) is 0 Å². The second-order valence-corrected chi connectivity index (χ2v) is 7.28. The standard InChI is InChI=1S/C20H21ClN2O2/c1-23-10-9-15-18(12-3-5-13(6-4-12)20(24)25-2)22-17-8-7-14(21)11-16(17)19(15)23/h3-8,11,15,18-19,22H,9-10H2,1-2H3/t15-,18-,19-/m1/s1. The Balaban J connectivity index is 1.71. The zero-order chi connectivity index (χ0) is 17.6. The average molecular weight is 357 g/mol. The lowest BCUT2D eigenvalue weighted by molar-refractivity contribution is 0.0600. The van der Waals surface area contributed by atoms with Gasteiger partial charge in [-0.15, -0.1) is 0 Å².